The third kappa shape index (κ3) is 1.83. The van der Waals surface area contributed by atoms with Crippen LogP contribution in [0.3, 0.4) is 0 Å². The summed E-state index contributed by atoms with van der Waals surface area (Å²) in [6.07, 6.45) is -4.56. The third-order valence-electron chi connectivity index (χ3n) is 1.77. The lowest BCUT2D eigenvalue weighted by molar-refractivity contribution is -0.141. The van der Waals surface area contributed by atoms with Crippen molar-refractivity contribution in [3.63, 3.8) is 0 Å². The largest absolute Gasteiger partial charge is 0.433 e. The Hall–Kier alpha value is -1.35. The van der Waals surface area contributed by atoms with Gasteiger partial charge in [-0.1, -0.05) is 0 Å². The molecule has 0 aliphatic rings. The molecule has 0 amide bonds. The second-order valence-corrected chi connectivity index (χ2v) is 3.35. The molecule has 0 unspecified atom stereocenters. The van der Waals surface area contributed by atoms with Crippen molar-refractivity contribution in [1.29, 1.82) is 0 Å². The first-order chi connectivity index (χ1) is 7.41. The van der Waals surface area contributed by atoms with E-state index in [1.54, 1.807) is 0 Å². The van der Waals surface area contributed by atoms with Crippen molar-refractivity contribution in [2.24, 2.45) is 0 Å². The minimum Gasteiger partial charge on any atom is -0.388 e. The molecule has 0 atom stereocenters. The van der Waals surface area contributed by atoms with E-state index in [0.717, 1.165) is 10.6 Å². The number of aliphatic hydroxyl groups is 1. The quantitative estimate of drug-likeness (QED) is 0.583. The van der Waals surface area contributed by atoms with Gasteiger partial charge in [-0.3, -0.25) is 0 Å². The van der Waals surface area contributed by atoms with Crippen molar-refractivity contribution in [2.75, 3.05) is 0 Å². The predicted octanol–water partition coefficient (Wildman–Crippen LogP) is 0.924. The average Bonchev–Trinajstić information content (AvgIpc) is 2.59. The molecule has 9 heteroatoms. The van der Waals surface area contributed by atoms with Crippen LogP contribution >= 0.6 is 12.6 Å². The molecule has 1 N–H and O–H groups in total. The lowest BCUT2D eigenvalue weighted by atomic mass is 10.4. The van der Waals surface area contributed by atoms with Crippen LogP contribution in [0.25, 0.3) is 5.78 Å². The smallest absolute Gasteiger partial charge is 0.388 e. The van der Waals surface area contributed by atoms with E-state index < -0.39 is 18.5 Å². The summed E-state index contributed by atoms with van der Waals surface area (Å²) in [7, 11) is 0. The molecular formula is C7H5F3N4OS. The van der Waals surface area contributed by atoms with Crippen molar-refractivity contribution in [2.45, 2.75) is 17.8 Å². The molecule has 0 saturated heterocycles. The molecule has 16 heavy (non-hydrogen) atoms. The summed E-state index contributed by atoms with van der Waals surface area (Å²) in [5, 5.41) is 12.4. The maximum atomic E-state index is 12.4. The summed E-state index contributed by atoms with van der Waals surface area (Å²) in [5.74, 6) is -0.258. The van der Waals surface area contributed by atoms with Crippen LogP contribution in [0.2, 0.25) is 0 Å². The Morgan fingerprint density at radius 1 is 1.38 bits per heavy atom. The van der Waals surface area contributed by atoms with Gasteiger partial charge >= 0.3 is 6.18 Å². The van der Waals surface area contributed by atoms with Gasteiger partial charge in [0.25, 0.3) is 5.78 Å². The second-order valence-electron chi connectivity index (χ2n) is 2.90. The highest BCUT2D eigenvalue weighted by molar-refractivity contribution is 7.80. The van der Waals surface area contributed by atoms with E-state index in [1.807, 2.05) is 0 Å². The summed E-state index contributed by atoms with van der Waals surface area (Å²) in [4.78, 5) is 6.89. The first kappa shape index (κ1) is 11.1. The van der Waals surface area contributed by atoms with E-state index in [1.165, 1.54) is 0 Å². The Morgan fingerprint density at radius 3 is 2.62 bits per heavy atom. The molecule has 2 aromatic heterocycles. The Bertz CT molecular complexity index is 538. The van der Waals surface area contributed by atoms with Crippen molar-refractivity contribution >= 4 is 18.4 Å². The fourth-order valence-electron chi connectivity index (χ4n) is 1.11. The van der Waals surface area contributed by atoms with Crippen molar-refractivity contribution in [3.8, 4) is 0 Å². The summed E-state index contributed by atoms with van der Waals surface area (Å²) in [6, 6.07) is 0.742. The van der Waals surface area contributed by atoms with E-state index in [9.17, 15) is 13.2 Å². The van der Waals surface area contributed by atoms with Gasteiger partial charge in [0.15, 0.2) is 11.5 Å². The van der Waals surface area contributed by atoms with Gasteiger partial charge in [-0.2, -0.15) is 22.7 Å². The number of hydrogen-bond acceptors (Lipinski definition) is 5. The predicted molar refractivity (Wildman–Crippen MR) is 49.0 cm³/mol. The number of aromatic nitrogens is 4. The minimum atomic E-state index is -4.56. The number of rotatable bonds is 1. The number of fused-ring (bicyclic) bond motifs is 1. The Labute approximate surface area is 92.4 Å². The molecule has 2 heterocycles. The Morgan fingerprint density at radius 2 is 2.06 bits per heavy atom. The zero-order chi connectivity index (χ0) is 11.9. The van der Waals surface area contributed by atoms with Crippen LogP contribution in [0.15, 0.2) is 11.1 Å². The molecule has 0 aliphatic heterocycles. The summed E-state index contributed by atoms with van der Waals surface area (Å²) in [6.45, 7) is -0.474. The van der Waals surface area contributed by atoms with Gasteiger partial charge in [0, 0.05) is 6.07 Å². The van der Waals surface area contributed by atoms with Crippen LogP contribution in [-0.4, -0.2) is 24.7 Å². The molecule has 5 nitrogen and oxygen atoms in total. The molecule has 0 aliphatic carbocycles. The zero-order valence-electron chi connectivity index (χ0n) is 7.60. The first-order valence-electron chi connectivity index (χ1n) is 4.05. The van der Waals surface area contributed by atoms with Gasteiger partial charge in [-0.15, -0.1) is 17.7 Å². The van der Waals surface area contributed by atoms with E-state index in [-0.39, 0.29) is 16.6 Å². The van der Waals surface area contributed by atoms with Gasteiger partial charge in [0.1, 0.15) is 11.6 Å². The molecular weight excluding hydrogens is 245 g/mol. The number of nitrogens with zero attached hydrogens (tertiary/aromatic N) is 4. The number of hydrogen-bond donors (Lipinski definition) is 2. The van der Waals surface area contributed by atoms with Gasteiger partial charge in [0.2, 0.25) is 0 Å². The fourth-order valence-corrected chi connectivity index (χ4v) is 1.36. The van der Waals surface area contributed by atoms with Crippen molar-refractivity contribution < 1.29 is 18.3 Å². The third-order valence-corrected chi connectivity index (χ3v) is 2.09. The number of aliphatic hydroxyl groups excluding tert-OH is 1. The average molecular weight is 250 g/mol. The Kier molecular flexibility index (Phi) is 2.50. The van der Waals surface area contributed by atoms with Crippen LogP contribution < -0.4 is 0 Å². The normalized spacial score (nSPS) is 12.3. The molecule has 0 saturated carbocycles. The molecule has 0 bridgehead atoms. The molecule has 0 spiro atoms. The highest BCUT2D eigenvalue weighted by atomic mass is 32.1. The zero-order valence-corrected chi connectivity index (χ0v) is 8.50. The maximum absolute atomic E-state index is 12.4. The highest BCUT2D eigenvalue weighted by Crippen LogP contribution is 2.29. The fraction of sp³-hybridized carbons (Fsp3) is 0.286. The van der Waals surface area contributed by atoms with Gasteiger partial charge < -0.3 is 5.11 Å². The standard InChI is InChI=1S/C7H5F3N4OS/c8-7(9,10)3-1-5(16)14-6(11-3)12-4(2-15)13-14/h1,15-16H,2H2. The van der Waals surface area contributed by atoms with Crippen LogP contribution in [0, 0.1) is 0 Å². The monoisotopic (exact) mass is 250 g/mol. The van der Waals surface area contributed by atoms with E-state index in [2.05, 4.69) is 27.7 Å². The number of thiol groups is 1. The van der Waals surface area contributed by atoms with Gasteiger partial charge in [0.05, 0.1) is 0 Å². The number of alkyl halides is 3. The number of halogens is 3. The molecule has 0 aromatic carbocycles. The molecule has 0 fully saturated rings. The molecule has 86 valence electrons. The SMILES string of the molecule is OCc1nc2nc(C(F)(F)F)cc(S)n2n1. The van der Waals surface area contributed by atoms with Crippen LogP contribution in [-0.2, 0) is 12.8 Å². The lowest BCUT2D eigenvalue weighted by Crippen LogP contribution is -2.10. The van der Waals surface area contributed by atoms with Crippen LogP contribution in [0.4, 0.5) is 13.2 Å². The van der Waals surface area contributed by atoms with Gasteiger partial charge in [-0.25, -0.2) is 4.98 Å². The Balaban J connectivity index is 2.67. The second kappa shape index (κ2) is 3.59. The van der Waals surface area contributed by atoms with Crippen LogP contribution in [0.5, 0.6) is 0 Å². The van der Waals surface area contributed by atoms with Crippen LogP contribution in [0.1, 0.15) is 11.5 Å². The molecule has 2 rings (SSSR count). The minimum absolute atomic E-state index is 0.0119. The highest BCUT2D eigenvalue weighted by Gasteiger charge is 2.33. The maximum Gasteiger partial charge on any atom is 0.433 e. The van der Waals surface area contributed by atoms with Gasteiger partial charge in [-0.05, 0) is 0 Å². The molecule has 0 radical (unpaired) electrons. The summed E-state index contributed by atoms with van der Waals surface area (Å²) < 4.78 is 38.2. The van der Waals surface area contributed by atoms with E-state index in [4.69, 9.17) is 5.11 Å². The van der Waals surface area contributed by atoms with Crippen molar-refractivity contribution in [3.05, 3.63) is 17.6 Å². The lowest BCUT2D eigenvalue weighted by Gasteiger charge is -2.05. The van der Waals surface area contributed by atoms with Crippen molar-refractivity contribution in [1.82, 2.24) is 19.6 Å². The summed E-state index contributed by atoms with van der Waals surface area (Å²) in [5.41, 5.74) is -1.10. The molecule has 2 aromatic rings. The summed E-state index contributed by atoms with van der Waals surface area (Å²) >= 11 is 3.84. The topological polar surface area (TPSA) is 63.3 Å². The van der Waals surface area contributed by atoms with E-state index >= 15 is 0 Å². The van der Waals surface area contributed by atoms with E-state index in [0.29, 0.717) is 0 Å². The first-order valence-corrected chi connectivity index (χ1v) is 4.50.